The Bertz CT molecular complexity index is 418. The summed E-state index contributed by atoms with van der Waals surface area (Å²) in [6.07, 6.45) is 2.03. The second-order valence-electron chi connectivity index (χ2n) is 5.67. The first-order chi connectivity index (χ1) is 9.07. The quantitative estimate of drug-likeness (QED) is 0.199. The Morgan fingerprint density at radius 1 is 1.43 bits per heavy atom. The normalized spacial score (nSPS) is 29.3. The van der Waals surface area contributed by atoms with Gasteiger partial charge >= 0.3 is 13.6 Å². The Balaban J connectivity index is 0.00000400. The van der Waals surface area contributed by atoms with E-state index in [1.54, 1.807) is 0 Å². The summed E-state index contributed by atoms with van der Waals surface area (Å²) in [6.45, 7) is 1.46. The molecule has 3 atom stereocenters. The lowest BCUT2D eigenvalue weighted by Gasteiger charge is -2.46. The van der Waals surface area contributed by atoms with E-state index >= 15 is 0 Å². The van der Waals surface area contributed by atoms with Gasteiger partial charge in [-0.1, -0.05) is 0 Å². The maximum absolute atomic E-state index is 11.4. The van der Waals surface area contributed by atoms with Gasteiger partial charge in [-0.2, -0.15) is 12.6 Å². The molecule has 3 unspecified atom stereocenters. The summed E-state index contributed by atoms with van der Waals surface area (Å²) in [4.78, 5) is 29.5. The van der Waals surface area contributed by atoms with Crippen molar-refractivity contribution in [2.45, 2.75) is 37.1 Å². The van der Waals surface area contributed by atoms with Gasteiger partial charge in [-0.25, -0.2) is 4.79 Å². The molecule has 1 rings (SSSR count). The second kappa shape index (κ2) is 7.64. The highest BCUT2D eigenvalue weighted by Crippen LogP contribution is 2.52. The van der Waals surface area contributed by atoms with E-state index in [1.807, 2.05) is 7.05 Å². The van der Waals surface area contributed by atoms with E-state index in [4.69, 9.17) is 5.11 Å². The van der Waals surface area contributed by atoms with E-state index in [9.17, 15) is 24.3 Å². The highest BCUT2D eigenvalue weighted by Gasteiger charge is 2.56. The van der Waals surface area contributed by atoms with Gasteiger partial charge in [0.15, 0.2) is 0 Å². The van der Waals surface area contributed by atoms with Crippen molar-refractivity contribution in [1.29, 1.82) is 0 Å². The standard InChI is InChI=1S/C11H22NO6PS.ClH/c1-12(6-7-20)5-3-2-4-9(12)8-11(15,10(13)14)19(16,17)18;/h9,15H,2-8H2,1H3,(H3-,13,14,16,17,18,20);1H. The number of thiol groups is 1. The largest absolute Gasteiger partial charge is 1.00 e. The van der Waals surface area contributed by atoms with Gasteiger partial charge in [-0.3, -0.25) is 4.57 Å². The summed E-state index contributed by atoms with van der Waals surface area (Å²) in [6, 6.07) is -0.301. The monoisotopic (exact) mass is 363 g/mol. The van der Waals surface area contributed by atoms with Crippen LogP contribution in [0, 0.1) is 0 Å². The summed E-state index contributed by atoms with van der Waals surface area (Å²) >= 11 is 4.19. The first kappa shape index (κ1) is 21.2. The smallest absolute Gasteiger partial charge is 0.368 e. The minimum absolute atomic E-state index is 0. The van der Waals surface area contributed by atoms with E-state index in [0.717, 1.165) is 19.4 Å². The van der Waals surface area contributed by atoms with E-state index in [0.29, 0.717) is 23.2 Å². The number of halogens is 1. The van der Waals surface area contributed by atoms with Crippen molar-refractivity contribution in [2.24, 2.45) is 0 Å². The molecule has 1 aliphatic rings. The number of quaternary nitrogens is 1. The maximum atomic E-state index is 11.4. The molecule has 0 aromatic carbocycles. The first-order valence-electron chi connectivity index (χ1n) is 6.53. The molecule has 0 spiro atoms. The molecule has 1 fully saturated rings. The van der Waals surface area contributed by atoms with Crippen LogP contribution >= 0.6 is 20.2 Å². The Morgan fingerprint density at radius 3 is 2.43 bits per heavy atom. The van der Waals surface area contributed by atoms with Gasteiger partial charge in [0.1, 0.15) is 0 Å². The number of aliphatic hydroxyl groups is 1. The third-order valence-corrected chi connectivity index (χ3v) is 5.83. The number of carboxylic acids is 1. The predicted octanol–water partition coefficient (Wildman–Crippen LogP) is -2.74. The van der Waals surface area contributed by atoms with Crippen LogP contribution in [-0.4, -0.2) is 67.7 Å². The van der Waals surface area contributed by atoms with Gasteiger partial charge in [0.2, 0.25) is 0 Å². The maximum Gasteiger partial charge on any atom is 0.368 e. The molecule has 0 amide bonds. The summed E-state index contributed by atoms with van der Waals surface area (Å²) in [5.41, 5.74) is 0. The Morgan fingerprint density at radius 2 is 2.00 bits per heavy atom. The van der Waals surface area contributed by atoms with Crippen LogP contribution in [0.3, 0.4) is 0 Å². The zero-order chi connectivity index (χ0) is 15.6. The molecule has 0 saturated carbocycles. The van der Waals surface area contributed by atoms with Crippen LogP contribution in [0.4, 0.5) is 0 Å². The number of hydrogen-bond acceptors (Lipinski definition) is 4. The topological polar surface area (TPSA) is 115 Å². The Labute approximate surface area is 135 Å². The van der Waals surface area contributed by atoms with Gasteiger partial charge in [0, 0.05) is 5.75 Å². The number of piperidine rings is 1. The fraction of sp³-hybridized carbons (Fsp3) is 0.909. The summed E-state index contributed by atoms with van der Waals surface area (Å²) < 4.78 is 11.9. The van der Waals surface area contributed by atoms with Crippen LogP contribution in [0.2, 0.25) is 0 Å². The Hall–Kier alpha value is 0.180. The van der Waals surface area contributed by atoms with Crippen molar-refractivity contribution < 1.29 is 46.2 Å². The number of likely N-dealkylation sites (tertiary alicyclic amines) is 1. The molecule has 0 bridgehead atoms. The minimum Gasteiger partial charge on any atom is -1.00 e. The van der Waals surface area contributed by atoms with Crippen LogP contribution < -0.4 is 12.4 Å². The molecule has 126 valence electrons. The highest BCUT2D eigenvalue weighted by atomic mass is 35.5. The van der Waals surface area contributed by atoms with E-state index in [-0.39, 0.29) is 18.4 Å². The molecule has 7 nitrogen and oxygen atoms in total. The summed E-state index contributed by atoms with van der Waals surface area (Å²) in [5, 5.41) is 16.0. The van der Waals surface area contributed by atoms with Gasteiger partial charge in [-0.05, 0) is 19.3 Å². The molecule has 0 radical (unpaired) electrons. The van der Waals surface area contributed by atoms with Crippen LogP contribution in [0.25, 0.3) is 0 Å². The average molecular weight is 364 g/mol. The van der Waals surface area contributed by atoms with E-state index in [1.165, 1.54) is 0 Å². The zero-order valence-corrected chi connectivity index (χ0v) is 14.4. The number of aliphatic carboxylic acids is 1. The summed E-state index contributed by atoms with van der Waals surface area (Å²) in [5.74, 6) is -1.28. The minimum atomic E-state index is -5.16. The highest BCUT2D eigenvalue weighted by molar-refractivity contribution is 7.80. The van der Waals surface area contributed by atoms with Crippen LogP contribution in [-0.2, 0) is 9.36 Å². The fourth-order valence-electron chi connectivity index (χ4n) is 2.85. The van der Waals surface area contributed by atoms with Gasteiger partial charge < -0.3 is 36.9 Å². The van der Waals surface area contributed by atoms with Crippen molar-refractivity contribution in [3.05, 3.63) is 0 Å². The van der Waals surface area contributed by atoms with Crippen molar-refractivity contribution >= 4 is 26.2 Å². The van der Waals surface area contributed by atoms with Gasteiger partial charge in [0.05, 0.1) is 32.6 Å². The molecule has 10 heteroatoms. The molecule has 1 aliphatic heterocycles. The van der Waals surface area contributed by atoms with E-state index in [2.05, 4.69) is 12.6 Å². The van der Waals surface area contributed by atoms with Crippen molar-refractivity contribution in [1.82, 2.24) is 0 Å². The SMILES string of the molecule is C[N+]1(CCS)CCCCC1CC(O)(C(=O)O)P(=O)(O)O.[Cl-]. The molecule has 1 heterocycles. The molecular formula is C11H23ClNO6PS. The van der Waals surface area contributed by atoms with Crippen molar-refractivity contribution in [2.75, 3.05) is 25.9 Å². The van der Waals surface area contributed by atoms with Crippen molar-refractivity contribution in [3.8, 4) is 0 Å². The van der Waals surface area contributed by atoms with Crippen LogP contribution in [0.15, 0.2) is 0 Å². The van der Waals surface area contributed by atoms with Crippen LogP contribution in [0.5, 0.6) is 0 Å². The molecule has 4 N–H and O–H groups in total. The molecule has 1 saturated heterocycles. The molecule has 0 aromatic rings. The number of carbonyl (C=O) groups is 1. The van der Waals surface area contributed by atoms with E-state index < -0.39 is 25.3 Å². The lowest BCUT2D eigenvalue weighted by atomic mass is 9.94. The number of hydrogen-bond donors (Lipinski definition) is 5. The van der Waals surface area contributed by atoms with Gasteiger partial charge in [-0.15, -0.1) is 0 Å². The second-order valence-corrected chi connectivity index (χ2v) is 7.94. The molecule has 21 heavy (non-hydrogen) atoms. The molecule has 0 aliphatic carbocycles. The Kier molecular flexibility index (Phi) is 7.70. The third-order valence-electron chi connectivity index (χ3n) is 4.29. The fourth-order valence-corrected chi connectivity index (χ4v) is 4.01. The lowest BCUT2D eigenvalue weighted by Crippen LogP contribution is -3.00. The number of nitrogens with zero attached hydrogens (tertiary/aromatic N) is 1. The van der Waals surface area contributed by atoms with Gasteiger partial charge in [0.25, 0.3) is 5.34 Å². The number of rotatable bonds is 6. The summed E-state index contributed by atoms with van der Waals surface area (Å²) in [7, 11) is -3.24. The van der Waals surface area contributed by atoms with Crippen molar-refractivity contribution in [3.63, 3.8) is 0 Å². The average Bonchev–Trinajstić information content (AvgIpc) is 2.30. The third kappa shape index (κ3) is 4.58. The predicted molar refractivity (Wildman–Crippen MR) is 76.7 cm³/mol. The number of carboxylic acid groups (broad SMARTS) is 1. The first-order valence-corrected chi connectivity index (χ1v) is 8.78. The lowest BCUT2D eigenvalue weighted by molar-refractivity contribution is -0.936. The van der Waals surface area contributed by atoms with Crippen LogP contribution in [0.1, 0.15) is 25.7 Å². The molecule has 0 aromatic heterocycles. The molecular weight excluding hydrogens is 341 g/mol. The zero-order valence-electron chi connectivity index (χ0n) is 11.9.